The van der Waals surface area contributed by atoms with Gasteiger partial charge in [0, 0.05) is 11.8 Å². The maximum Gasteiger partial charge on any atom is 0.191 e. The fourth-order valence-electron chi connectivity index (χ4n) is 1.61. The molecule has 4 nitrogen and oxygen atoms in total. The lowest BCUT2D eigenvalue weighted by Gasteiger charge is -2.12. The van der Waals surface area contributed by atoms with Crippen molar-refractivity contribution in [2.24, 2.45) is 5.73 Å². The van der Waals surface area contributed by atoms with E-state index in [1.807, 2.05) is 11.8 Å². The summed E-state index contributed by atoms with van der Waals surface area (Å²) in [6.07, 6.45) is 3.41. The van der Waals surface area contributed by atoms with Crippen LogP contribution in [0.1, 0.15) is 45.9 Å². The average Bonchev–Trinajstić information content (AvgIpc) is 2.69. The molecular weight excluding hydrogens is 220 g/mol. The lowest BCUT2D eigenvalue weighted by molar-refractivity contribution is 0.590. The Labute approximate surface area is 102 Å². The summed E-state index contributed by atoms with van der Waals surface area (Å²) in [4.78, 5) is 0. The number of nitrogens with two attached hydrogens (primary N) is 1. The molecule has 16 heavy (non-hydrogen) atoms. The van der Waals surface area contributed by atoms with Gasteiger partial charge in [0.15, 0.2) is 5.16 Å². The molecule has 0 spiro atoms. The van der Waals surface area contributed by atoms with Gasteiger partial charge in [0.2, 0.25) is 0 Å². The molecule has 0 saturated heterocycles. The number of hydrogen-bond donors (Lipinski definition) is 1. The molecule has 2 N–H and O–H groups in total. The molecule has 0 amide bonds. The highest BCUT2D eigenvalue weighted by Crippen LogP contribution is 2.26. The molecule has 0 bridgehead atoms. The van der Waals surface area contributed by atoms with Crippen molar-refractivity contribution in [1.29, 1.82) is 0 Å². The van der Waals surface area contributed by atoms with Gasteiger partial charge in [0.25, 0.3) is 0 Å². The number of aromatic nitrogens is 3. The summed E-state index contributed by atoms with van der Waals surface area (Å²) < 4.78 is 2.16. The molecule has 1 rings (SSSR count). The third-order valence-electron chi connectivity index (χ3n) is 2.61. The average molecular weight is 242 g/mol. The molecule has 5 heteroatoms. The monoisotopic (exact) mass is 242 g/mol. The van der Waals surface area contributed by atoms with E-state index < -0.39 is 0 Å². The zero-order chi connectivity index (χ0) is 12.0. The molecule has 1 aromatic heterocycles. The molecular formula is C11H22N4S. The lowest BCUT2D eigenvalue weighted by Crippen LogP contribution is -2.10. The first-order valence-electron chi connectivity index (χ1n) is 6.05. The van der Waals surface area contributed by atoms with Gasteiger partial charge in [-0.2, -0.15) is 0 Å². The largest absolute Gasteiger partial charge is 0.324 e. The van der Waals surface area contributed by atoms with E-state index in [2.05, 4.69) is 35.5 Å². The first-order chi connectivity index (χ1) is 7.76. The smallest absolute Gasteiger partial charge is 0.191 e. The van der Waals surface area contributed by atoms with E-state index in [0.29, 0.717) is 11.8 Å². The van der Waals surface area contributed by atoms with Crippen LogP contribution in [-0.4, -0.2) is 20.0 Å². The highest BCUT2D eigenvalue weighted by Gasteiger charge is 2.14. The fraction of sp³-hybridized carbons (Fsp3) is 0.818. The fourth-order valence-corrected chi connectivity index (χ4v) is 2.65. The van der Waals surface area contributed by atoms with Gasteiger partial charge < -0.3 is 10.3 Å². The van der Waals surface area contributed by atoms with E-state index in [-0.39, 0.29) is 0 Å². The van der Waals surface area contributed by atoms with Gasteiger partial charge in [-0.3, -0.25) is 0 Å². The Morgan fingerprint density at radius 3 is 2.44 bits per heavy atom. The van der Waals surface area contributed by atoms with Crippen molar-refractivity contribution in [3.63, 3.8) is 0 Å². The second kappa shape index (κ2) is 6.91. The number of rotatable bonds is 7. The zero-order valence-corrected chi connectivity index (χ0v) is 11.3. The summed E-state index contributed by atoms with van der Waals surface area (Å²) in [7, 11) is 0. The molecule has 0 radical (unpaired) electrons. The Kier molecular flexibility index (Phi) is 5.84. The van der Waals surface area contributed by atoms with E-state index in [1.54, 1.807) is 0 Å². The van der Waals surface area contributed by atoms with Crippen LogP contribution in [0.15, 0.2) is 5.16 Å². The van der Waals surface area contributed by atoms with E-state index in [0.717, 1.165) is 36.8 Å². The molecule has 92 valence electrons. The third-order valence-corrected chi connectivity index (χ3v) is 4.12. The SMILES string of the molecule is CCCn1c(CN)nnc1SC(CC)CC. The molecule has 1 heterocycles. The quantitative estimate of drug-likeness (QED) is 0.746. The van der Waals surface area contributed by atoms with Crippen molar-refractivity contribution in [2.75, 3.05) is 0 Å². The Morgan fingerprint density at radius 2 is 1.94 bits per heavy atom. The summed E-state index contributed by atoms with van der Waals surface area (Å²) in [6, 6.07) is 0. The molecule has 0 saturated carbocycles. The van der Waals surface area contributed by atoms with Crippen LogP contribution >= 0.6 is 11.8 Å². The summed E-state index contributed by atoms with van der Waals surface area (Å²) in [5, 5.41) is 10.0. The molecule has 0 aromatic carbocycles. The van der Waals surface area contributed by atoms with E-state index in [1.165, 1.54) is 0 Å². The van der Waals surface area contributed by atoms with E-state index >= 15 is 0 Å². The minimum Gasteiger partial charge on any atom is -0.324 e. The van der Waals surface area contributed by atoms with Gasteiger partial charge >= 0.3 is 0 Å². The topological polar surface area (TPSA) is 56.7 Å². The highest BCUT2D eigenvalue weighted by molar-refractivity contribution is 7.99. The first-order valence-corrected chi connectivity index (χ1v) is 6.93. The summed E-state index contributed by atoms with van der Waals surface area (Å²) in [5.74, 6) is 0.898. The van der Waals surface area contributed by atoms with Gasteiger partial charge in [-0.1, -0.05) is 32.5 Å². The molecule has 0 aliphatic heterocycles. The van der Waals surface area contributed by atoms with E-state index in [9.17, 15) is 0 Å². The highest BCUT2D eigenvalue weighted by atomic mass is 32.2. The van der Waals surface area contributed by atoms with Crippen molar-refractivity contribution >= 4 is 11.8 Å². The number of hydrogen-bond acceptors (Lipinski definition) is 4. The molecule has 0 aliphatic rings. The standard InChI is InChI=1S/C11H22N4S/c1-4-7-15-10(8-12)13-14-11(15)16-9(5-2)6-3/h9H,4-8,12H2,1-3H3. The van der Waals surface area contributed by atoms with Gasteiger partial charge in [-0.25, -0.2) is 0 Å². The zero-order valence-electron chi connectivity index (χ0n) is 10.4. The summed E-state index contributed by atoms with van der Waals surface area (Å²) in [5.41, 5.74) is 5.66. The summed E-state index contributed by atoms with van der Waals surface area (Å²) in [6.45, 7) is 8.02. The number of thioether (sulfide) groups is 1. The Bertz CT molecular complexity index is 307. The Balaban J connectivity index is 2.81. The van der Waals surface area contributed by atoms with Crippen LogP contribution in [0.5, 0.6) is 0 Å². The van der Waals surface area contributed by atoms with Crippen LogP contribution in [0, 0.1) is 0 Å². The van der Waals surface area contributed by atoms with Crippen molar-refractivity contribution < 1.29 is 0 Å². The lowest BCUT2D eigenvalue weighted by atomic mass is 10.3. The van der Waals surface area contributed by atoms with Gasteiger partial charge in [-0.05, 0) is 19.3 Å². The number of nitrogens with zero attached hydrogens (tertiary/aromatic N) is 3. The normalized spacial score (nSPS) is 11.3. The third kappa shape index (κ3) is 3.22. The van der Waals surface area contributed by atoms with Crippen molar-refractivity contribution in [1.82, 2.24) is 14.8 Å². The maximum atomic E-state index is 5.66. The molecule has 1 aromatic rings. The van der Waals surface area contributed by atoms with Crippen molar-refractivity contribution in [2.45, 2.75) is 63.5 Å². The Morgan fingerprint density at radius 1 is 1.25 bits per heavy atom. The van der Waals surface area contributed by atoms with Crippen LogP contribution in [0.3, 0.4) is 0 Å². The van der Waals surface area contributed by atoms with Crippen LogP contribution < -0.4 is 5.73 Å². The van der Waals surface area contributed by atoms with Crippen LogP contribution in [-0.2, 0) is 13.1 Å². The van der Waals surface area contributed by atoms with Crippen molar-refractivity contribution in [3.05, 3.63) is 5.82 Å². The maximum absolute atomic E-state index is 5.66. The molecule has 0 aliphatic carbocycles. The van der Waals surface area contributed by atoms with Crippen LogP contribution in [0.25, 0.3) is 0 Å². The first kappa shape index (κ1) is 13.5. The predicted octanol–water partition coefficient (Wildman–Crippen LogP) is 2.43. The Hall–Kier alpha value is -0.550. The predicted molar refractivity (Wildman–Crippen MR) is 68.4 cm³/mol. The molecule has 0 fully saturated rings. The van der Waals surface area contributed by atoms with Crippen molar-refractivity contribution in [3.8, 4) is 0 Å². The van der Waals surface area contributed by atoms with Gasteiger partial charge in [0.05, 0.1) is 6.54 Å². The molecule has 0 unspecified atom stereocenters. The second-order valence-corrected chi connectivity index (χ2v) is 5.08. The summed E-state index contributed by atoms with van der Waals surface area (Å²) >= 11 is 1.83. The van der Waals surface area contributed by atoms with Gasteiger partial charge in [0.1, 0.15) is 5.82 Å². The minimum absolute atomic E-state index is 0.469. The van der Waals surface area contributed by atoms with E-state index in [4.69, 9.17) is 5.73 Å². The minimum atomic E-state index is 0.469. The molecule has 0 atom stereocenters. The van der Waals surface area contributed by atoms with Crippen LogP contribution in [0.4, 0.5) is 0 Å². The van der Waals surface area contributed by atoms with Crippen LogP contribution in [0.2, 0.25) is 0 Å². The second-order valence-electron chi connectivity index (χ2n) is 3.81. The van der Waals surface area contributed by atoms with Gasteiger partial charge in [-0.15, -0.1) is 10.2 Å².